The van der Waals surface area contributed by atoms with Gasteiger partial charge in [0.05, 0.1) is 0 Å². The lowest BCUT2D eigenvalue weighted by Crippen LogP contribution is -2.45. The largest absolute Gasteiger partial charge is 0.518 e. The smallest absolute Gasteiger partial charge is 0.315 e. The van der Waals surface area contributed by atoms with Crippen LogP contribution >= 0.6 is 0 Å². The highest BCUT2D eigenvalue weighted by Crippen LogP contribution is 2.13. The monoisotopic (exact) mass is 355 g/mol. The molecule has 0 bridgehead atoms. The van der Waals surface area contributed by atoms with E-state index in [0.717, 1.165) is 12.8 Å². The van der Waals surface area contributed by atoms with Gasteiger partial charge in [-0.2, -0.15) is 0 Å². The van der Waals surface area contributed by atoms with Crippen LogP contribution in [-0.4, -0.2) is 26.2 Å². The fourth-order valence-electron chi connectivity index (χ4n) is 2.39. The Bertz CT molecular complexity index is 402. The Morgan fingerprint density at radius 3 is 1.96 bits per heavy atom. The number of rotatable bonds is 13. The highest BCUT2D eigenvalue weighted by molar-refractivity contribution is 6.71. The van der Waals surface area contributed by atoms with Gasteiger partial charge in [0.2, 0.25) is 14.2 Å². The van der Waals surface area contributed by atoms with Gasteiger partial charge in [-0.05, 0) is 33.0 Å². The van der Waals surface area contributed by atoms with Gasteiger partial charge in [-0.3, -0.25) is 9.59 Å². The summed E-state index contributed by atoms with van der Waals surface area (Å²) in [4.78, 5) is 24.2. The molecule has 140 valence electrons. The lowest BCUT2D eigenvalue weighted by atomic mass is 10.0. The molecule has 0 saturated carbocycles. The van der Waals surface area contributed by atoms with Crippen molar-refractivity contribution in [3.8, 4) is 0 Å². The van der Waals surface area contributed by atoms with E-state index < -0.39 is 14.4 Å². The summed E-state index contributed by atoms with van der Waals surface area (Å²) in [5, 5.41) is 2.77. The zero-order valence-corrected chi connectivity index (χ0v) is 17.4. The van der Waals surface area contributed by atoms with Crippen molar-refractivity contribution in [1.29, 1.82) is 0 Å². The number of nitrogens with one attached hydrogen (secondary N) is 1. The van der Waals surface area contributed by atoms with Crippen LogP contribution in [0, 0.1) is 0 Å². The standard InChI is InChI=1S/C19H37NO3Si/c1-7-8-9-10-11-12-13-14-15-17(20-18(21)16(2)3)19(22)23-24(4,5)6/h17H,2,7-15H2,1,3-6H3,(H,20,21). The van der Waals surface area contributed by atoms with Crippen LogP contribution in [0.5, 0.6) is 0 Å². The molecular weight excluding hydrogens is 318 g/mol. The van der Waals surface area contributed by atoms with Crippen molar-refractivity contribution in [2.24, 2.45) is 0 Å². The Kier molecular flexibility index (Phi) is 11.7. The molecular formula is C19H37NO3Si. The fraction of sp³-hybridized carbons (Fsp3) is 0.789. The summed E-state index contributed by atoms with van der Waals surface area (Å²) in [6.07, 6.45) is 10.3. The van der Waals surface area contributed by atoms with Crippen LogP contribution in [0.3, 0.4) is 0 Å². The molecule has 0 saturated heterocycles. The van der Waals surface area contributed by atoms with Gasteiger partial charge in [0.25, 0.3) is 0 Å². The van der Waals surface area contributed by atoms with E-state index in [1.54, 1.807) is 6.92 Å². The maximum absolute atomic E-state index is 12.3. The number of hydrogen-bond acceptors (Lipinski definition) is 3. The minimum absolute atomic E-state index is 0.271. The molecule has 24 heavy (non-hydrogen) atoms. The highest BCUT2D eigenvalue weighted by atomic mass is 28.4. The third-order valence-electron chi connectivity index (χ3n) is 3.73. The van der Waals surface area contributed by atoms with E-state index in [-0.39, 0.29) is 11.9 Å². The van der Waals surface area contributed by atoms with Crippen LogP contribution in [0.4, 0.5) is 0 Å². The number of carbonyl (C=O) groups excluding carboxylic acids is 2. The van der Waals surface area contributed by atoms with Crippen molar-refractivity contribution in [1.82, 2.24) is 5.32 Å². The zero-order valence-electron chi connectivity index (χ0n) is 16.4. The second-order valence-electron chi connectivity index (χ2n) is 7.60. The summed E-state index contributed by atoms with van der Waals surface area (Å²) >= 11 is 0. The molecule has 0 spiro atoms. The van der Waals surface area contributed by atoms with Crippen LogP contribution in [0.1, 0.15) is 71.6 Å². The number of unbranched alkanes of at least 4 members (excludes halogenated alkanes) is 7. The molecule has 0 fully saturated rings. The van der Waals surface area contributed by atoms with Gasteiger partial charge in [0.1, 0.15) is 6.04 Å². The van der Waals surface area contributed by atoms with Gasteiger partial charge in [0.15, 0.2) is 0 Å². The van der Waals surface area contributed by atoms with Crippen LogP contribution in [0.25, 0.3) is 0 Å². The minimum Gasteiger partial charge on any atom is -0.518 e. The molecule has 1 unspecified atom stereocenters. The van der Waals surface area contributed by atoms with Gasteiger partial charge in [-0.15, -0.1) is 0 Å². The van der Waals surface area contributed by atoms with Gasteiger partial charge >= 0.3 is 5.97 Å². The van der Waals surface area contributed by atoms with Gasteiger partial charge in [-0.1, -0.05) is 64.9 Å². The molecule has 0 aromatic rings. The van der Waals surface area contributed by atoms with E-state index >= 15 is 0 Å². The Morgan fingerprint density at radius 1 is 1.00 bits per heavy atom. The lowest BCUT2D eigenvalue weighted by molar-refractivity contribution is -0.139. The normalized spacial score (nSPS) is 12.5. The van der Waals surface area contributed by atoms with Gasteiger partial charge in [0, 0.05) is 5.57 Å². The Morgan fingerprint density at radius 2 is 1.50 bits per heavy atom. The summed E-state index contributed by atoms with van der Waals surface area (Å²) in [5.74, 6) is -0.571. The Balaban J connectivity index is 4.27. The quantitative estimate of drug-likeness (QED) is 0.289. The first-order valence-electron chi connectivity index (χ1n) is 9.36. The van der Waals surface area contributed by atoms with E-state index in [1.165, 1.54) is 38.5 Å². The molecule has 1 atom stereocenters. The van der Waals surface area contributed by atoms with Crippen molar-refractivity contribution < 1.29 is 14.0 Å². The second kappa shape index (κ2) is 12.3. The summed E-state index contributed by atoms with van der Waals surface area (Å²) in [6, 6.07) is -0.555. The maximum Gasteiger partial charge on any atom is 0.315 e. The third-order valence-corrected chi connectivity index (χ3v) is 4.54. The third kappa shape index (κ3) is 12.3. The average molecular weight is 356 g/mol. The number of carbonyl (C=O) groups is 2. The van der Waals surface area contributed by atoms with Crippen molar-refractivity contribution in [2.75, 3.05) is 0 Å². The molecule has 0 aliphatic rings. The SMILES string of the molecule is C=C(C)C(=O)NC(CCCCCCCCCC)C(=O)O[Si](C)(C)C. The highest BCUT2D eigenvalue weighted by Gasteiger charge is 2.27. The van der Waals surface area contributed by atoms with Gasteiger partial charge < -0.3 is 9.74 Å². The summed E-state index contributed by atoms with van der Waals surface area (Å²) < 4.78 is 5.56. The molecule has 0 heterocycles. The predicted molar refractivity (Wildman–Crippen MR) is 103 cm³/mol. The zero-order chi connectivity index (χ0) is 18.6. The van der Waals surface area contributed by atoms with Crippen LogP contribution in [-0.2, 0) is 14.0 Å². The molecule has 4 nitrogen and oxygen atoms in total. The van der Waals surface area contributed by atoms with E-state index in [0.29, 0.717) is 12.0 Å². The molecule has 0 aromatic heterocycles. The van der Waals surface area contributed by atoms with Crippen molar-refractivity contribution in [3.63, 3.8) is 0 Å². The van der Waals surface area contributed by atoms with Crippen molar-refractivity contribution in [3.05, 3.63) is 12.2 Å². The van der Waals surface area contributed by atoms with E-state index in [9.17, 15) is 9.59 Å². The first kappa shape index (κ1) is 22.9. The molecule has 0 rings (SSSR count). The minimum atomic E-state index is -1.96. The van der Waals surface area contributed by atoms with Crippen molar-refractivity contribution >= 4 is 20.2 Å². The molecule has 5 heteroatoms. The number of hydrogen-bond donors (Lipinski definition) is 1. The molecule has 0 aliphatic heterocycles. The van der Waals surface area contributed by atoms with E-state index in [1.807, 2.05) is 19.6 Å². The summed E-state index contributed by atoms with van der Waals surface area (Å²) in [6.45, 7) is 13.4. The van der Waals surface area contributed by atoms with Crippen molar-refractivity contribution in [2.45, 2.75) is 97.3 Å². The Hall–Kier alpha value is -1.10. The fourth-order valence-corrected chi connectivity index (χ4v) is 3.13. The van der Waals surface area contributed by atoms with Crippen LogP contribution in [0.2, 0.25) is 19.6 Å². The average Bonchev–Trinajstić information content (AvgIpc) is 2.46. The molecule has 0 aromatic carbocycles. The summed E-state index contributed by atoms with van der Waals surface area (Å²) in [5.41, 5.74) is 0.414. The van der Waals surface area contributed by atoms with E-state index in [4.69, 9.17) is 4.43 Å². The first-order chi connectivity index (χ1) is 11.2. The predicted octanol–water partition coefficient (Wildman–Crippen LogP) is 4.96. The van der Waals surface area contributed by atoms with Crippen LogP contribution < -0.4 is 5.32 Å². The Labute approximate surface area is 149 Å². The first-order valence-corrected chi connectivity index (χ1v) is 12.8. The topological polar surface area (TPSA) is 55.4 Å². The number of amides is 1. The van der Waals surface area contributed by atoms with E-state index in [2.05, 4.69) is 18.8 Å². The molecule has 1 N–H and O–H groups in total. The second-order valence-corrected chi connectivity index (χ2v) is 12.0. The molecule has 1 amide bonds. The summed E-state index contributed by atoms with van der Waals surface area (Å²) in [7, 11) is -1.96. The molecule has 0 radical (unpaired) electrons. The maximum atomic E-state index is 12.3. The molecule has 0 aliphatic carbocycles. The van der Waals surface area contributed by atoms with Crippen LogP contribution in [0.15, 0.2) is 12.2 Å². The van der Waals surface area contributed by atoms with Gasteiger partial charge in [-0.25, -0.2) is 0 Å². The lowest BCUT2D eigenvalue weighted by Gasteiger charge is -2.23.